The van der Waals surface area contributed by atoms with E-state index in [1.54, 1.807) is 6.07 Å². The monoisotopic (exact) mass is 300 g/mol. The molecular weight excluding hydrogens is 290 g/mol. The van der Waals surface area contributed by atoms with Gasteiger partial charge >= 0.3 is 0 Å². The Balaban J connectivity index is 2.79. The highest BCUT2D eigenvalue weighted by Crippen LogP contribution is 2.29. The fourth-order valence-corrected chi connectivity index (χ4v) is 2.17. The molecule has 0 saturated carbocycles. The molecule has 2 nitrogen and oxygen atoms in total. The third-order valence-corrected chi connectivity index (χ3v) is 3.16. The van der Waals surface area contributed by atoms with Crippen molar-refractivity contribution in [3.05, 3.63) is 33.8 Å². The van der Waals surface area contributed by atoms with Crippen LogP contribution in [0, 0.1) is 11.6 Å². The number of rotatable bonds is 2. The van der Waals surface area contributed by atoms with Crippen LogP contribution in [0.1, 0.15) is 18.9 Å². The zero-order valence-corrected chi connectivity index (χ0v) is 10.8. The number of nitrogen functional groups attached to an aromatic ring is 1. The van der Waals surface area contributed by atoms with Crippen molar-refractivity contribution < 1.29 is 8.78 Å². The van der Waals surface area contributed by atoms with E-state index >= 15 is 0 Å². The van der Waals surface area contributed by atoms with Gasteiger partial charge in [0.1, 0.15) is 17.2 Å². The summed E-state index contributed by atoms with van der Waals surface area (Å²) < 4.78 is 27.5. The van der Waals surface area contributed by atoms with Gasteiger partial charge in [-0.3, -0.25) is 0 Å². The highest BCUT2D eigenvalue weighted by molar-refractivity contribution is 9.10. The molecule has 0 radical (unpaired) electrons. The van der Waals surface area contributed by atoms with E-state index in [1.165, 1.54) is 0 Å². The lowest BCUT2D eigenvalue weighted by molar-refractivity contribution is 0.609. The van der Waals surface area contributed by atoms with Crippen molar-refractivity contribution in [2.45, 2.75) is 19.8 Å². The van der Waals surface area contributed by atoms with Gasteiger partial charge in [-0.25, -0.2) is 13.8 Å². The van der Waals surface area contributed by atoms with Crippen LogP contribution < -0.4 is 5.73 Å². The molecular formula is C12H11BrF2N2. The summed E-state index contributed by atoms with van der Waals surface area (Å²) in [6, 6.07) is 2.63. The second-order valence-electron chi connectivity index (χ2n) is 3.83. The number of aryl methyl sites for hydroxylation is 1. The molecule has 0 bridgehead atoms. The Morgan fingerprint density at radius 2 is 2.06 bits per heavy atom. The van der Waals surface area contributed by atoms with Crippen LogP contribution in [0.3, 0.4) is 0 Å². The largest absolute Gasteiger partial charge is 0.383 e. The first kappa shape index (κ1) is 12.2. The summed E-state index contributed by atoms with van der Waals surface area (Å²) in [7, 11) is 0. The van der Waals surface area contributed by atoms with Crippen LogP contribution in [0.4, 0.5) is 14.6 Å². The van der Waals surface area contributed by atoms with Gasteiger partial charge in [0.15, 0.2) is 5.82 Å². The Hall–Kier alpha value is -1.23. The molecule has 0 saturated heterocycles. The molecule has 5 heteroatoms. The zero-order chi connectivity index (χ0) is 12.6. The summed E-state index contributed by atoms with van der Waals surface area (Å²) >= 11 is 2.98. The van der Waals surface area contributed by atoms with Gasteiger partial charge in [0.05, 0.1) is 4.47 Å². The van der Waals surface area contributed by atoms with Gasteiger partial charge in [-0.15, -0.1) is 0 Å². The van der Waals surface area contributed by atoms with E-state index in [9.17, 15) is 8.78 Å². The summed E-state index contributed by atoms with van der Waals surface area (Å²) in [5, 5.41) is 0.162. The Morgan fingerprint density at radius 1 is 1.35 bits per heavy atom. The number of hydrogen-bond donors (Lipinski definition) is 1. The predicted molar refractivity (Wildman–Crippen MR) is 67.8 cm³/mol. The van der Waals surface area contributed by atoms with E-state index in [4.69, 9.17) is 5.73 Å². The fraction of sp³-hybridized carbons (Fsp3) is 0.250. The number of benzene rings is 1. The number of halogens is 3. The highest BCUT2D eigenvalue weighted by atomic mass is 79.9. The molecule has 17 heavy (non-hydrogen) atoms. The van der Waals surface area contributed by atoms with Crippen LogP contribution in [0.15, 0.2) is 16.6 Å². The smallest absolute Gasteiger partial charge is 0.150 e. The summed E-state index contributed by atoms with van der Waals surface area (Å²) in [5.74, 6) is -0.825. The van der Waals surface area contributed by atoms with E-state index in [0.717, 1.165) is 18.1 Å². The van der Waals surface area contributed by atoms with Gasteiger partial charge in [-0.2, -0.15) is 0 Å². The van der Waals surface area contributed by atoms with Crippen molar-refractivity contribution in [2.24, 2.45) is 0 Å². The van der Waals surface area contributed by atoms with E-state index in [1.807, 2.05) is 6.92 Å². The maximum Gasteiger partial charge on any atom is 0.150 e. The van der Waals surface area contributed by atoms with Crippen molar-refractivity contribution in [1.29, 1.82) is 0 Å². The van der Waals surface area contributed by atoms with E-state index < -0.39 is 11.6 Å². The molecule has 1 aromatic heterocycles. The average molecular weight is 301 g/mol. The van der Waals surface area contributed by atoms with Crippen LogP contribution in [0.5, 0.6) is 0 Å². The molecule has 0 amide bonds. The van der Waals surface area contributed by atoms with E-state index in [-0.39, 0.29) is 21.2 Å². The maximum absolute atomic E-state index is 13.8. The Labute approximate surface area is 106 Å². The fourth-order valence-electron chi connectivity index (χ4n) is 1.76. The lowest BCUT2D eigenvalue weighted by Crippen LogP contribution is -2.01. The third kappa shape index (κ3) is 2.11. The van der Waals surface area contributed by atoms with E-state index in [0.29, 0.717) is 6.42 Å². The molecule has 90 valence electrons. The van der Waals surface area contributed by atoms with Gasteiger partial charge in [0, 0.05) is 5.39 Å². The molecule has 2 N–H and O–H groups in total. The number of pyridine rings is 1. The van der Waals surface area contributed by atoms with Gasteiger partial charge in [-0.1, -0.05) is 13.3 Å². The molecule has 2 rings (SSSR count). The van der Waals surface area contributed by atoms with Crippen LogP contribution in [-0.2, 0) is 6.42 Å². The van der Waals surface area contributed by atoms with Crippen molar-refractivity contribution >= 4 is 32.7 Å². The molecule has 0 fully saturated rings. The normalized spacial score (nSPS) is 11.1. The Kier molecular flexibility index (Phi) is 3.28. The van der Waals surface area contributed by atoms with Crippen LogP contribution >= 0.6 is 15.9 Å². The van der Waals surface area contributed by atoms with Gasteiger partial charge < -0.3 is 5.73 Å². The summed E-state index contributed by atoms with van der Waals surface area (Å²) in [5.41, 5.74) is 6.44. The van der Waals surface area contributed by atoms with E-state index in [2.05, 4.69) is 20.9 Å². The summed E-state index contributed by atoms with van der Waals surface area (Å²) in [6.07, 6.45) is 1.57. The first-order valence-corrected chi connectivity index (χ1v) is 6.06. The number of nitrogens with zero attached hydrogens (tertiary/aromatic N) is 1. The zero-order valence-electron chi connectivity index (χ0n) is 9.23. The lowest BCUT2D eigenvalue weighted by atomic mass is 10.1. The summed E-state index contributed by atoms with van der Waals surface area (Å²) in [4.78, 5) is 3.94. The topological polar surface area (TPSA) is 38.9 Å². The van der Waals surface area contributed by atoms with Crippen molar-refractivity contribution in [3.63, 3.8) is 0 Å². The molecule has 0 aliphatic rings. The maximum atomic E-state index is 13.8. The third-order valence-electron chi connectivity index (χ3n) is 2.58. The molecule has 0 unspecified atom stereocenters. The number of hydrogen-bond acceptors (Lipinski definition) is 2. The van der Waals surface area contributed by atoms with Crippen molar-refractivity contribution in [1.82, 2.24) is 4.98 Å². The minimum absolute atomic E-state index is 0.0250. The Bertz CT molecular complexity index is 584. The second-order valence-corrected chi connectivity index (χ2v) is 4.69. The molecule has 2 aromatic rings. The lowest BCUT2D eigenvalue weighted by Gasteiger charge is -2.08. The first-order valence-electron chi connectivity index (χ1n) is 5.27. The Morgan fingerprint density at radius 3 is 2.71 bits per heavy atom. The SMILES string of the molecule is CCCc1cc2c(F)c(Br)cc(F)c2nc1N. The number of nitrogens with two attached hydrogens (primary N) is 1. The van der Waals surface area contributed by atoms with Crippen LogP contribution in [-0.4, -0.2) is 4.98 Å². The minimum Gasteiger partial charge on any atom is -0.383 e. The number of anilines is 1. The van der Waals surface area contributed by atoms with Crippen LogP contribution in [0.2, 0.25) is 0 Å². The van der Waals surface area contributed by atoms with Gasteiger partial charge in [0.25, 0.3) is 0 Å². The first-order chi connectivity index (χ1) is 8.04. The second kappa shape index (κ2) is 4.56. The standard InChI is InChI=1S/C12H11BrF2N2/c1-2-3-6-4-7-10(15)8(13)5-9(14)11(7)17-12(6)16/h4-5H,2-3H2,1H3,(H2,16,17). The summed E-state index contributed by atoms with van der Waals surface area (Å²) in [6.45, 7) is 1.99. The molecule has 1 heterocycles. The number of aromatic nitrogens is 1. The molecule has 0 aliphatic carbocycles. The number of fused-ring (bicyclic) bond motifs is 1. The quantitative estimate of drug-likeness (QED) is 0.857. The van der Waals surface area contributed by atoms with Crippen molar-refractivity contribution in [3.8, 4) is 0 Å². The highest BCUT2D eigenvalue weighted by Gasteiger charge is 2.14. The minimum atomic E-state index is -0.581. The van der Waals surface area contributed by atoms with Gasteiger partial charge in [0.2, 0.25) is 0 Å². The predicted octanol–water partition coefficient (Wildman–Crippen LogP) is 3.81. The molecule has 0 spiro atoms. The van der Waals surface area contributed by atoms with Gasteiger partial charge in [-0.05, 0) is 40.0 Å². The van der Waals surface area contributed by atoms with Crippen LogP contribution in [0.25, 0.3) is 10.9 Å². The van der Waals surface area contributed by atoms with Crippen molar-refractivity contribution in [2.75, 3.05) is 5.73 Å². The average Bonchev–Trinajstić information content (AvgIpc) is 2.28. The molecule has 0 atom stereocenters. The molecule has 0 aliphatic heterocycles. The molecule has 1 aromatic carbocycles.